The lowest BCUT2D eigenvalue weighted by Crippen LogP contribution is -2.48. The van der Waals surface area contributed by atoms with E-state index in [4.69, 9.17) is 0 Å². The van der Waals surface area contributed by atoms with Gasteiger partial charge in [0.2, 0.25) is 10.0 Å². The Morgan fingerprint density at radius 2 is 1.68 bits per heavy atom. The van der Waals surface area contributed by atoms with Crippen molar-refractivity contribution in [3.63, 3.8) is 0 Å². The maximum absolute atomic E-state index is 12.9. The number of phenolic OH excluding ortho intramolecular Hbond substituents is 1. The van der Waals surface area contributed by atoms with Crippen molar-refractivity contribution in [3.8, 4) is 5.75 Å². The minimum absolute atomic E-state index is 0.234. The molecule has 0 atom stereocenters. The lowest BCUT2D eigenvalue weighted by atomic mass is 10.0. The second-order valence-electron chi connectivity index (χ2n) is 6.97. The molecule has 1 N–H and O–H groups in total. The van der Waals surface area contributed by atoms with E-state index in [1.165, 1.54) is 28.6 Å². The van der Waals surface area contributed by atoms with E-state index in [0.29, 0.717) is 19.6 Å². The van der Waals surface area contributed by atoms with E-state index in [0.717, 1.165) is 16.7 Å². The van der Waals surface area contributed by atoms with Gasteiger partial charge >= 0.3 is 0 Å². The van der Waals surface area contributed by atoms with E-state index >= 15 is 0 Å². The summed E-state index contributed by atoms with van der Waals surface area (Å²) in [7, 11) is -3.94. The number of sulfonamides is 1. The minimum atomic E-state index is -3.94. The predicted octanol–water partition coefficient (Wildman–Crippen LogP) is 2.42. The quantitative estimate of drug-likeness (QED) is 0.605. The number of para-hydroxylation sites is 1. The number of hydrogen-bond acceptors (Lipinski definition) is 6. The highest BCUT2D eigenvalue weighted by atomic mass is 32.2. The number of aryl methyl sites for hydroxylation is 2. The van der Waals surface area contributed by atoms with E-state index in [1.54, 1.807) is 6.07 Å². The molecule has 1 aliphatic rings. The Morgan fingerprint density at radius 3 is 2.32 bits per heavy atom. The molecule has 28 heavy (non-hydrogen) atoms. The lowest BCUT2D eigenvalue weighted by molar-refractivity contribution is -0.387. The van der Waals surface area contributed by atoms with Crippen LogP contribution in [-0.4, -0.2) is 53.8 Å². The van der Waals surface area contributed by atoms with Gasteiger partial charge in [0.05, 0.1) is 4.92 Å². The Morgan fingerprint density at radius 1 is 1.07 bits per heavy atom. The lowest BCUT2D eigenvalue weighted by Gasteiger charge is -2.34. The van der Waals surface area contributed by atoms with Crippen molar-refractivity contribution in [1.82, 2.24) is 9.21 Å². The number of piperazine rings is 1. The second-order valence-corrected chi connectivity index (χ2v) is 8.88. The maximum atomic E-state index is 12.9. The number of nitro groups is 1. The summed E-state index contributed by atoms with van der Waals surface area (Å²) in [4.78, 5) is 12.3. The van der Waals surface area contributed by atoms with Gasteiger partial charge in [-0.15, -0.1) is 0 Å². The van der Waals surface area contributed by atoms with Crippen LogP contribution in [0.15, 0.2) is 41.3 Å². The monoisotopic (exact) mass is 405 g/mol. The molecule has 1 aliphatic heterocycles. The second kappa shape index (κ2) is 7.86. The summed E-state index contributed by atoms with van der Waals surface area (Å²) in [6.45, 7) is 5.87. The zero-order valence-corrected chi connectivity index (χ0v) is 16.6. The predicted molar refractivity (Wildman–Crippen MR) is 105 cm³/mol. The molecular formula is C19H23N3O5S. The van der Waals surface area contributed by atoms with Crippen molar-refractivity contribution in [3.05, 3.63) is 63.2 Å². The Kier molecular flexibility index (Phi) is 5.69. The fourth-order valence-electron chi connectivity index (χ4n) is 3.32. The zero-order chi connectivity index (χ0) is 20.5. The van der Waals surface area contributed by atoms with Crippen molar-refractivity contribution in [1.29, 1.82) is 0 Å². The minimum Gasteiger partial charge on any atom is -0.508 e. The van der Waals surface area contributed by atoms with Gasteiger partial charge in [-0.05, 0) is 37.1 Å². The highest BCUT2D eigenvalue weighted by Gasteiger charge is 2.33. The summed E-state index contributed by atoms with van der Waals surface area (Å²) < 4.78 is 27.0. The molecule has 150 valence electrons. The van der Waals surface area contributed by atoms with Gasteiger partial charge in [-0.25, -0.2) is 8.42 Å². The molecular weight excluding hydrogens is 382 g/mol. The van der Waals surface area contributed by atoms with Gasteiger partial charge in [0.1, 0.15) is 5.75 Å². The summed E-state index contributed by atoms with van der Waals surface area (Å²) in [6, 6.07) is 9.09. The van der Waals surface area contributed by atoms with Crippen LogP contribution in [-0.2, 0) is 16.6 Å². The molecule has 0 aliphatic carbocycles. The molecule has 1 saturated heterocycles. The molecule has 3 rings (SSSR count). The van der Waals surface area contributed by atoms with Gasteiger partial charge in [-0.1, -0.05) is 18.2 Å². The van der Waals surface area contributed by atoms with Gasteiger partial charge < -0.3 is 5.11 Å². The molecule has 8 nitrogen and oxygen atoms in total. The first-order valence-electron chi connectivity index (χ1n) is 8.95. The number of phenols is 1. The van der Waals surface area contributed by atoms with E-state index in [1.807, 2.05) is 19.9 Å². The van der Waals surface area contributed by atoms with Crippen LogP contribution in [0.4, 0.5) is 5.69 Å². The number of benzene rings is 2. The Bertz CT molecular complexity index is 999. The van der Waals surface area contributed by atoms with E-state index in [9.17, 15) is 23.6 Å². The molecule has 0 spiro atoms. The van der Waals surface area contributed by atoms with Crippen LogP contribution in [0.25, 0.3) is 0 Å². The first kappa shape index (κ1) is 20.2. The average molecular weight is 405 g/mol. The summed E-state index contributed by atoms with van der Waals surface area (Å²) in [5.74, 6) is 0.234. The molecule has 9 heteroatoms. The molecule has 0 radical (unpaired) electrons. The number of rotatable bonds is 5. The summed E-state index contributed by atoms with van der Waals surface area (Å²) in [5.41, 5.74) is 2.50. The van der Waals surface area contributed by atoms with Crippen LogP contribution in [0.5, 0.6) is 5.75 Å². The molecule has 1 heterocycles. The molecule has 0 aromatic heterocycles. The fourth-order valence-corrected chi connectivity index (χ4v) is 4.90. The van der Waals surface area contributed by atoms with E-state index < -0.39 is 20.6 Å². The highest BCUT2D eigenvalue weighted by molar-refractivity contribution is 7.89. The fraction of sp³-hybridized carbons (Fsp3) is 0.368. The normalized spacial score (nSPS) is 16.2. The molecule has 2 aromatic rings. The van der Waals surface area contributed by atoms with Crippen molar-refractivity contribution >= 4 is 15.7 Å². The van der Waals surface area contributed by atoms with E-state index in [-0.39, 0.29) is 23.7 Å². The van der Waals surface area contributed by atoms with Crippen molar-refractivity contribution < 1.29 is 18.4 Å². The Labute approximate surface area is 164 Å². The van der Waals surface area contributed by atoms with Gasteiger partial charge in [0, 0.05) is 44.4 Å². The Balaban J connectivity index is 1.72. The number of hydrogen-bond donors (Lipinski definition) is 1. The SMILES string of the molecule is Cc1cc(O)c(CN2CCN(S(=O)(=O)c3ccccc3[N+](=O)[O-])CC2)cc1C. The molecule has 0 saturated carbocycles. The average Bonchev–Trinajstić information content (AvgIpc) is 2.66. The van der Waals surface area contributed by atoms with Crippen LogP contribution in [0.3, 0.4) is 0 Å². The van der Waals surface area contributed by atoms with E-state index in [2.05, 4.69) is 4.90 Å². The van der Waals surface area contributed by atoms with Gasteiger partial charge in [0.15, 0.2) is 4.90 Å². The van der Waals surface area contributed by atoms with Crippen LogP contribution in [0, 0.1) is 24.0 Å². The van der Waals surface area contributed by atoms with Crippen LogP contribution in [0.1, 0.15) is 16.7 Å². The number of nitro benzene ring substituents is 1. The largest absolute Gasteiger partial charge is 0.508 e. The van der Waals surface area contributed by atoms with Crippen molar-refractivity contribution in [2.75, 3.05) is 26.2 Å². The molecule has 0 unspecified atom stereocenters. The number of aromatic hydroxyl groups is 1. The van der Waals surface area contributed by atoms with Gasteiger partial charge in [0.25, 0.3) is 5.69 Å². The molecule has 0 amide bonds. The number of nitrogens with zero attached hydrogens (tertiary/aromatic N) is 3. The van der Waals surface area contributed by atoms with Crippen molar-refractivity contribution in [2.24, 2.45) is 0 Å². The van der Waals surface area contributed by atoms with Gasteiger partial charge in [-0.3, -0.25) is 15.0 Å². The molecule has 0 bridgehead atoms. The highest BCUT2D eigenvalue weighted by Crippen LogP contribution is 2.28. The third kappa shape index (κ3) is 4.01. The topological polar surface area (TPSA) is 104 Å². The first-order chi connectivity index (χ1) is 13.2. The third-order valence-electron chi connectivity index (χ3n) is 5.10. The summed E-state index contributed by atoms with van der Waals surface area (Å²) in [6.07, 6.45) is 0. The smallest absolute Gasteiger partial charge is 0.289 e. The zero-order valence-electron chi connectivity index (χ0n) is 15.8. The summed E-state index contributed by atoms with van der Waals surface area (Å²) in [5, 5.41) is 21.3. The van der Waals surface area contributed by atoms with Crippen molar-refractivity contribution in [2.45, 2.75) is 25.3 Å². The molecule has 1 fully saturated rings. The van der Waals surface area contributed by atoms with Crippen LogP contribution in [0.2, 0.25) is 0 Å². The first-order valence-corrected chi connectivity index (χ1v) is 10.4. The Hall–Kier alpha value is -2.49. The molecule has 2 aromatic carbocycles. The third-order valence-corrected chi connectivity index (χ3v) is 7.05. The van der Waals surface area contributed by atoms with Crippen LogP contribution >= 0.6 is 0 Å². The maximum Gasteiger partial charge on any atom is 0.289 e. The van der Waals surface area contributed by atoms with Crippen LogP contribution < -0.4 is 0 Å². The standard InChI is InChI=1S/C19H23N3O5S/c1-14-11-16(18(23)12-15(14)2)13-20-7-9-21(10-8-20)28(26,27)19-6-4-3-5-17(19)22(24)25/h3-6,11-12,23H,7-10,13H2,1-2H3. The summed E-state index contributed by atoms with van der Waals surface area (Å²) >= 11 is 0. The van der Waals surface area contributed by atoms with Gasteiger partial charge in [-0.2, -0.15) is 4.31 Å².